The topological polar surface area (TPSA) is 51.8 Å². The lowest BCUT2D eigenvalue weighted by Gasteiger charge is -2.14. The molecule has 1 aromatic heterocycles. The highest BCUT2D eigenvalue weighted by atomic mass is 14.9. The molecule has 2 aromatic rings. The minimum Gasteiger partial charge on any atom is -0.330 e. The van der Waals surface area contributed by atoms with E-state index in [1.165, 1.54) is 16.7 Å². The first-order valence-corrected chi connectivity index (χ1v) is 7.58. The quantitative estimate of drug-likeness (QED) is 0.917. The van der Waals surface area contributed by atoms with E-state index in [4.69, 9.17) is 5.73 Å². The van der Waals surface area contributed by atoms with E-state index in [1.54, 1.807) is 0 Å². The lowest BCUT2D eigenvalue weighted by Crippen LogP contribution is -2.16. The average Bonchev–Trinajstić information content (AvgIpc) is 2.45. The van der Waals surface area contributed by atoms with E-state index in [0.717, 1.165) is 30.1 Å². The van der Waals surface area contributed by atoms with Crippen molar-refractivity contribution in [2.75, 3.05) is 6.54 Å². The fourth-order valence-corrected chi connectivity index (χ4v) is 2.50. The highest BCUT2D eigenvalue weighted by Gasteiger charge is 2.11. The average molecular weight is 283 g/mol. The first-order chi connectivity index (χ1) is 9.99. The zero-order valence-electron chi connectivity index (χ0n) is 13.5. The molecule has 0 saturated carbocycles. The molecule has 0 spiro atoms. The maximum absolute atomic E-state index is 5.72. The number of rotatable bonds is 5. The summed E-state index contributed by atoms with van der Waals surface area (Å²) in [5.41, 5.74) is 11.7. The Hall–Kier alpha value is -1.74. The van der Waals surface area contributed by atoms with Gasteiger partial charge in [-0.1, -0.05) is 36.8 Å². The van der Waals surface area contributed by atoms with Gasteiger partial charge in [0.05, 0.1) is 0 Å². The third-order valence-corrected chi connectivity index (χ3v) is 3.90. The second-order valence-electron chi connectivity index (χ2n) is 6.00. The molecule has 3 heteroatoms. The molecule has 0 aliphatic rings. The highest BCUT2D eigenvalue weighted by molar-refractivity contribution is 5.28. The summed E-state index contributed by atoms with van der Waals surface area (Å²) in [4.78, 5) is 9.37. The molecule has 0 bridgehead atoms. The molecule has 0 fully saturated rings. The molecule has 0 aliphatic carbocycles. The van der Waals surface area contributed by atoms with Crippen molar-refractivity contribution in [1.29, 1.82) is 0 Å². The summed E-state index contributed by atoms with van der Waals surface area (Å²) in [6.07, 6.45) is 1.74. The number of hydrogen-bond donors (Lipinski definition) is 1. The van der Waals surface area contributed by atoms with Crippen molar-refractivity contribution >= 4 is 0 Å². The van der Waals surface area contributed by atoms with E-state index in [9.17, 15) is 0 Å². The third-order valence-electron chi connectivity index (χ3n) is 3.90. The van der Waals surface area contributed by atoms with Crippen molar-refractivity contribution in [1.82, 2.24) is 9.97 Å². The second kappa shape index (κ2) is 6.81. The molecule has 2 N–H and O–H groups in total. The van der Waals surface area contributed by atoms with E-state index in [1.807, 2.05) is 0 Å². The predicted molar refractivity (Wildman–Crippen MR) is 87.4 cm³/mol. The number of benzene rings is 1. The number of nitrogens with two attached hydrogens (primary N) is 1. The Morgan fingerprint density at radius 2 is 1.57 bits per heavy atom. The smallest absolute Gasteiger partial charge is 0.133 e. The van der Waals surface area contributed by atoms with Crippen molar-refractivity contribution in [3.8, 4) is 0 Å². The first-order valence-electron chi connectivity index (χ1n) is 7.58. The van der Waals surface area contributed by atoms with E-state index in [2.05, 4.69) is 61.9 Å². The standard InChI is InChI=1S/C18H25N3/c1-12-5-7-16(8-6-12)10-18-20-14(3)17(15(4)21-18)9-13(2)11-19/h5-8,13H,9-11,19H2,1-4H3. The Kier molecular flexibility index (Phi) is 5.07. The molecule has 1 atom stereocenters. The van der Waals surface area contributed by atoms with Crippen molar-refractivity contribution in [3.05, 3.63) is 58.2 Å². The normalized spacial score (nSPS) is 12.4. The molecule has 0 aliphatic heterocycles. The van der Waals surface area contributed by atoms with Gasteiger partial charge in [-0.15, -0.1) is 0 Å². The summed E-state index contributed by atoms with van der Waals surface area (Å²) < 4.78 is 0. The molecule has 1 heterocycles. The fraction of sp³-hybridized carbons (Fsp3) is 0.444. The van der Waals surface area contributed by atoms with Gasteiger partial charge in [-0.05, 0) is 50.8 Å². The Labute approximate surface area is 127 Å². The molecule has 112 valence electrons. The van der Waals surface area contributed by atoms with Gasteiger partial charge in [0, 0.05) is 17.8 Å². The maximum Gasteiger partial charge on any atom is 0.133 e. The van der Waals surface area contributed by atoms with Crippen molar-refractivity contribution in [3.63, 3.8) is 0 Å². The Balaban J connectivity index is 2.21. The van der Waals surface area contributed by atoms with Crippen LogP contribution < -0.4 is 5.73 Å². The molecule has 2 rings (SSSR count). The van der Waals surface area contributed by atoms with Crippen LogP contribution in [-0.4, -0.2) is 16.5 Å². The van der Waals surface area contributed by atoms with Gasteiger partial charge in [0.25, 0.3) is 0 Å². The Morgan fingerprint density at radius 3 is 2.10 bits per heavy atom. The van der Waals surface area contributed by atoms with Crippen molar-refractivity contribution in [2.45, 2.75) is 40.5 Å². The molecule has 3 nitrogen and oxygen atoms in total. The summed E-state index contributed by atoms with van der Waals surface area (Å²) in [6.45, 7) is 9.11. The predicted octanol–water partition coefficient (Wildman–Crippen LogP) is 3.13. The van der Waals surface area contributed by atoms with Gasteiger partial charge in [0.15, 0.2) is 0 Å². The van der Waals surface area contributed by atoms with Crippen molar-refractivity contribution in [2.24, 2.45) is 11.7 Å². The number of aromatic nitrogens is 2. The number of aryl methyl sites for hydroxylation is 3. The molecule has 1 aromatic carbocycles. The zero-order chi connectivity index (χ0) is 15.4. The van der Waals surface area contributed by atoms with E-state index < -0.39 is 0 Å². The molecule has 21 heavy (non-hydrogen) atoms. The van der Waals surface area contributed by atoms with Crippen LogP contribution in [0.2, 0.25) is 0 Å². The third kappa shape index (κ3) is 4.11. The maximum atomic E-state index is 5.72. The summed E-state index contributed by atoms with van der Waals surface area (Å²) in [6, 6.07) is 8.56. The second-order valence-corrected chi connectivity index (χ2v) is 6.00. The van der Waals surface area contributed by atoms with Crippen LogP contribution in [0, 0.1) is 26.7 Å². The van der Waals surface area contributed by atoms with Crippen LogP contribution in [-0.2, 0) is 12.8 Å². The van der Waals surface area contributed by atoms with Crippen LogP contribution in [0.3, 0.4) is 0 Å². The Morgan fingerprint density at radius 1 is 1.00 bits per heavy atom. The van der Waals surface area contributed by atoms with Gasteiger partial charge < -0.3 is 5.73 Å². The SMILES string of the molecule is Cc1ccc(Cc2nc(C)c(CC(C)CN)c(C)n2)cc1. The van der Waals surface area contributed by atoms with Gasteiger partial charge in [0.2, 0.25) is 0 Å². The molecular formula is C18H25N3. The van der Waals surface area contributed by atoms with E-state index in [-0.39, 0.29) is 0 Å². The molecule has 0 radical (unpaired) electrons. The van der Waals surface area contributed by atoms with Crippen LogP contribution >= 0.6 is 0 Å². The largest absolute Gasteiger partial charge is 0.330 e. The van der Waals surface area contributed by atoms with Crippen LogP contribution in [0.4, 0.5) is 0 Å². The van der Waals surface area contributed by atoms with Crippen LogP contribution in [0.1, 0.15) is 40.8 Å². The monoisotopic (exact) mass is 283 g/mol. The molecule has 1 unspecified atom stereocenters. The summed E-state index contributed by atoms with van der Waals surface area (Å²) >= 11 is 0. The van der Waals surface area contributed by atoms with Crippen LogP contribution in [0.25, 0.3) is 0 Å². The van der Waals surface area contributed by atoms with Gasteiger partial charge >= 0.3 is 0 Å². The molecule has 0 saturated heterocycles. The van der Waals surface area contributed by atoms with Crippen molar-refractivity contribution < 1.29 is 0 Å². The van der Waals surface area contributed by atoms with Gasteiger partial charge in [-0.2, -0.15) is 0 Å². The fourth-order valence-electron chi connectivity index (χ4n) is 2.50. The summed E-state index contributed by atoms with van der Waals surface area (Å²) in [5, 5.41) is 0. The zero-order valence-corrected chi connectivity index (χ0v) is 13.5. The summed E-state index contributed by atoms with van der Waals surface area (Å²) in [7, 11) is 0. The highest BCUT2D eigenvalue weighted by Crippen LogP contribution is 2.16. The minimum absolute atomic E-state index is 0.467. The first kappa shape index (κ1) is 15.6. The molecule has 0 amide bonds. The molecular weight excluding hydrogens is 258 g/mol. The van der Waals surface area contributed by atoms with E-state index >= 15 is 0 Å². The van der Waals surface area contributed by atoms with E-state index in [0.29, 0.717) is 12.5 Å². The number of hydrogen-bond acceptors (Lipinski definition) is 3. The summed E-state index contributed by atoms with van der Waals surface area (Å²) in [5.74, 6) is 1.37. The van der Waals surface area contributed by atoms with Crippen LogP contribution in [0.5, 0.6) is 0 Å². The van der Waals surface area contributed by atoms with Gasteiger partial charge in [-0.3, -0.25) is 0 Å². The van der Waals surface area contributed by atoms with Crippen LogP contribution in [0.15, 0.2) is 24.3 Å². The lowest BCUT2D eigenvalue weighted by molar-refractivity contribution is 0.584. The minimum atomic E-state index is 0.467. The lowest BCUT2D eigenvalue weighted by atomic mass is 9.98. The van der Waals surface area contributed by atoms with Gasteiger partial charge in [-0.25, -0.2) is 9.97 Å². The Bertz CT molecular complexity index is 579. The number of nitrogens with zero attached hydrogens (tertiary/aromatic N) is 2. The van der Waals surface area contributed by atoms with Gasteiger partial charge in [0.1, 0.15) is 5.82 Å².